The molecular formula is C17H16N2O4S. The summed E-state index contributed by atoms with van der Waals surface area (Å²) in [7, 11) is -3.39. The predicted molar refractivity (Wildman–Crippen MR) is 92.1 cm³/mol. The largest absolute Gasteiger partial charge is 0.337 e. The quantitative estimate of drug-likeness (QED) is 0.770. The highest BCUT2D eigenvalue weighted by atomic mass is 32.2. The van der Waals surface area contributed by atoms with Crippen molar-refractivity contribution in [2.75, 3.05) is 11.0 Å². The van der Waals surface area contributed by atoms with E-state index < -0.39 is 16.0 Å². The molecular weight excluding hydrogens is 328 g/mol. The minimum Gasteiger partial charge on any atom is -0.336 e. The van der Waals surface area contributed by atoms with Gasteiger partial charge in [0.1, 0.15) is 0 Å². The van der Waals surface area contributed by atoms with Gasteiger partial charge in [0.2, 0.25) is 10.0 Å². The minimum atomic E-state index is -3.39. The summed E-state index contributed by atoms with van der Waals surface area (Å²) in [6.07, 6.45) is 2.82. The average molecular weight is 344 g/mol. The van der Waals surface area contributed by atoms with Crippen LogP contribution in [0.4, 0.5) is 5.69 Å². The van der Waals surface area contributed by atoms with E-state index >= 15 is 0 Å². The summed E-state index contributed by atoms with van der Waals surface area (Å²) in [5, 5.41) is 0.649. The number of hydrogen-bond acceptors (Lipinski definition) is 4. The number of nitrogens with zero attached hydrogens (tertiary/aromatic N) is 1. The molecule has 0 saturated heterocycles. The summed E-state index contributed by atoms with van der Waals surface area (Å²) in [6.45, 7) is 0. The van der Waals surface area contributed by atoms with Crippen LogP contribution in [0.2, 0.25) is 0 Å². The van der Waals surface area contributed by atoms with Crippen molar-refractivity contribution in [1.82, 2.24) is 4.73 Å². The van der Waals surface area contributed by atoms with E-state index in [9.17, 15) is 13.2 Å². The summed E-state index contributed by atoms with van der Waals surface area (Å²) in [5.74, 6) is -0.403. The van der Waals surface area contributed by atoms with Gasteiger partial charge in [-0.05, 0) is 23.8 Å². The maximum Gasteiger partial charge on any atom is 0.337 e. The second kappa shape index (κ2) is 6.37. The first-order valence-electron chi connectivity index (χ1n) is 7.25. The van der Waals surface area contributed by atoms with Crippen molar-refractivity contribution in [1.29, 1.82) is 0 Å². The van der Waals surface area contributed by atoms with Gasteiger partial charge < -0.3 is 4.84 Å². The first kappa shape index (κ1) is 16.1. The standard InChI is InChI=1S/C17H16N2O4S/c1-24(21,22)18-15-8-5-9-16-14(15)10-11-19(16)23-17(20)12-13-6-3-2-4-7-13/h2-11,18H,12H2,1H3. The Labute approximate surface area is 139 Å². The van der Waals surface area contributed by atoms with E-state index in [0.717, 1.165) is 11.8 Å². The summed E-state index contributed by atoms with van der Waals surface area (Å²) < 4.78 is 26.6. The Bertz CT molecular complexity index is 978. The van der Waals surface area contributed by atoms with E-state index in [1.165, 1.54) is 4.73 Å². The van der Waals surface area contributed by atoms with E-state index in [4.69, 9.17) is 4.84 Å². The normalized spacial score (nSPS) is 11.4. The van der Waals surface area contributed by atoms with Gasteiger partial charge in [0.25, 0.3) is 0 Å². The first-order chi connectivity index (χ1) is 11.4. The number of fused-ring (bicyclic) bond motifs is 1. The predicted octanol–water partition coefficient (Wildman–Crippen LogP) is 2.21. The fraction of sp³-hybridized carbons (Fsp3) is 0.118. The van der Waals surface area contributed by atoms with Gasteiger partial charge in [0.05, 0.1) is 23.9 Å². The molecule has 24 heavy (non-hydrogen) atoms. The molecule has 1 heterocycles. The average Bonchev–Trinajstić information content (AvgIpc) is 2.91. The molecule has 0 radical (unpaired) electrons. The zero-order chi connectivity index (χ0) is 17.2. The highest BCUT2D eigenvalue weighted by Gasteiger charge is 2.12. The Morgan fingerprint density at radius 3 is 2.54 bits per heavy atom. The van der Waals surface area contributed by atoms with E-state index in [1.54, 1.807) is 30.5 Å². The summed E-state index contributed by atoms with van der Waals surface area (Å²) in [4.78, 5) is 17.4. The molecule has 1 aromatic heterocycles. The van der Waals surface area contributed by atoms with Crippen LogP contribution in [0.15, 0.2) is 60.8 Å². The smallest absolute Gasteiger partial charge is 0.336 e. The van der Waals surface area contributed by atoms with Crippen LogP contribution in [0.5, 0.6) is 0 Å². The number of hydrogen-bond donors (Lipinski definition) is 1. The van der Waals surface area contributed by atoms with Crippen molar-refractivity contribution >= 4 is 32.6 Å². The lowest BCUT2D eigenvalue weighted by atomic mass is 10.2. The Morgan fingerprint density at radius 2 is 1.83 bits per heavy atom. The molecule has 0 aliphatic rings. The Kier molecular flexibility index (Phi) is 4.26. The lowest BCUT2D eigenvalue weighted by Gasteiger charge is -2.08. The topological polar surface area (TPSA) is 77.4 Å². The fourth-order valence-electron chi connectivity index (χ4n) is 2.42. The second-order valence-electron chi connectivity index (χ2n) is 5.38. The monoisotopic (exact) mass is 344 g/mol. The van der Waals surface area contributed by atoms with E-state index in [0.29, 0.717) is 16.6 Å². The first-order valence-corrected chi connectivity index (χ1v) is 9.14. The Balaban J connectivity index is 1.83. The number of carbonyl (C=O) groups is 1. The summed E-state index contributed by atoms with van der Waals surface area (Å²) in [5.41, 5.74) is 1.90. The van der Waals surface area contributed by atoms with Crippen molar-refractivity contribution in [3.63, 3.8) is 0 Å². The minimum absolute atomic E-state index is 0.155. The molecule has 2 aromatic carbocycles. The van der Waals surface area contributed by atoms with Gasteiger partial charge in [-0.2, -0.15) is 4.73 Å². The molecule has 1 N–H and O–H groups in total. The van der Waals surface area contributed by atoms with Crippen LogP contribution in [0.1, 0.15) is 5.56 Å². The van der Waals surface area contributed by atoms with Crippen LogP contribution in [0, 0.1) is 0 Å². The lowest BCUT2D eigenvalue weighted by Crippen LogP contribution is -2.20. The van der Waals surface area contributed by atoms with Gasteiger partial charge in [0.15, 0.2) is 0 Å². The van der Waals surface area contributed by atoms with Gasteiger partial charge in [0, 0.05) is 11.6 Å². The van der Waals surface area contributed by atoms with Crippen LogP contribution >= 0.6 is 0 Å². The number of aromatic nitrogens is 1. The van der Waals surface area contributed by atoms with Gasteiger partial charge in [-0.15, -0.1) is 0 Å². The highest BCUT2D eigenvalue weighted by molar-refractivity contribution is 7.92. The zero-order valence-electron chi connectivity index (χ0n) is 13.0. The zero-order valence-corrected chi connectivity index (χ0v) is 13.8. The molecule has 124 valence electrons. The molecule has 0 amide bonds. The van der Waals surface area contributed by atoms with E-state index in [2.05, 4.69) is 4.72 Å². The fourth-order valence-corrected chi connectivity index (χ4v) is 2.99. The molecule has 6 nitrogen and oxygen atoms in total. The number of nitrogens with one attached hydrogen (secondary N) is 1. The molecule has 3 aromatic rings. The molecule has 0 fully saturated rings. The Hall–Kier alpha value is -2.80. The van der Waals surface area contributed by atoms with Crippen LogP contribution in [0.25, 0.3) is 10.9 Å². The van der Waals surface area contributed by atoms with Crippen LogP contribution in [0.3, 0.4) is 0 Å². The van der Waals surface area contributed by atoms with Gasteiger partial charge >= 0.3 is 5.97 Å². The number of benzene rings is 2. The van der Waals surface area contributed by atoms with Crippen LogP contribution in [-0.2, 0) is 21.2 Å². The van der Waals surface area contributed by atoms with E-state index in [-0.39, 0.29) is 6.42 Å². The third kappa shape index (κ3) is 3.75. The van der Waals surface area contributed by atoms with Crippen LogP contribution < -0.4 is 9.56 Å². The van der Waals surface area contributed by atoms with Crippen molar-refractivity contribution < 1.29 is 18.0 Å². The lowest BCUT2D eigenvalue weighted by molar-refractivity contribution is -0.142. The molecule has 7 heteroatoms. The molecule has 0 bridgehead atoms. The van der Waals surface area contributed by atoms with E-state index in [1.807, 2.05) is 30.3 Å². The molecule has 0 aliphatic heterocycles. The van der Waals surface area contributed by atoms with Crippen LogP contribution in [-0.4, -0.2) is 25.4 Å². The third-order valence-corrected chi connectivity index (χ3v) is 3.97. The number of anilines is 1. The number of carbonyl (C=O) groups excluding carboxylic acids is 1. The summed E-state index contributed by atoms with van der Waals surface area (Å²) >= 11 is 0. The van der Waals surface area contributed by atoms with Gasteiger partial charge in [-0.3, -0.25) is 4.72 Å². The summed E-state index contributed by atoms with van der Waals surface area (Å²) in [6, 6.07) is 16.1. The van der Waals surface area contributed by atoms with Crippen molar-refractivity contribution in [2.45, 2.75) is 6.42 Å². The number of rotatable bonds is 5. The molecule has 3 rings (SSSR count). The van der Waals surface area contributed by atoms with Gasteiger partial charge in [-0.1, -0.05) is 36.4 Å². The third-order valence-electron chi connectivity index (χ3n) is 3.38. The second-order valence-corrected chi connectivity index (χ2v) is 7.13. The molecule has 0 spiro atoms. The molecule has 0 saturated carbocycles. The van der Waals surface area contributed by atoms with Gasteiger partial charge in [-0.25, -0.2) is 13.2 Å². The molecule has 0 atom stereocenters. The van der Waals surface area contributed by atoms with Crippen molar-refractivity contribution in [2.24, 2.45) is 0 Å². The Morgan fingerprint density at radius 1 is 1.08 bits per heavy atom. The SMILES string of the molecule is CS(=O)(=O)Nc1cccc2c1ccn2OC(=O)Cc1ccccc1. The number of sulfonamides is 1. The maximum absolute atomic E-state index is 12.1. The molecule has 0 unspecified atom stereocenters. The van der Waals surface area contributed by atoms with Crippen molar-refractivity contribution in [3.05, 3.63) is 66.4 Å². The van der Waals surface area contributed by atoms with Crippen molar-refractivity contribution in [3.8, 4) is 0 Å². The highest BCUT2D eigenvalue weighted by Crippen LogP contribution is 2.24. The molecule has 0 aliphatic carbocycles. The maximum atomic E-state index is 12.1.